The fraction of sp³-hybridized carbons (Fsp3) is 0.800. The van der Waals surface area contributed by atoms with Crippen LogP contribution in [0.25, 0.3) is 0 Å². The van der Waals surface area contributed by atoms with Crippen molar-refractivity contribution in [1.29, 1.82) is 0 Å². The Balaban J connectivity index is 2.75. The molecule has 0 bridgehead atoms. The lowest BCUT2D eigenvalue weighted by Crippen LogP contribution is -2.23. The number of hydrogen-bond donors (Lipinski definition) is 1. The second-order valence-corrected chi connectivity index (χ2v) is 4.56. The van der Waals surface area contributed by atoms with E-state index >= 15 is 0 Å². The first-order valence-electron chi connectivity index (χ1n) is 5.83. The van der Waals surface area contributed by atoms with Crippen LogP contribution >= 0.6 is 0 Å². The van der Waals surface area contributed by atoms with Gasteiger partial charge in [0.25, 0.3) is 0 Å². The van der Waals surface area contributed by atoms with Crippen LogP contribution in [-0.4, -0.2) is 44.1 Å². The summed E-state index contributed by atoms with van der Waals surface area (Å²) in [6, 6.07) is -0.549. The highest BCUT2D eigenvalue weighted by Gasteiger charge is 2.28. The Kier molecular flexibility index (Phi) is 5.43. The van der Waals surface area contributed by atoms with Gasteiger partial charge in [-0.15, -0.1) is 5.10 Å². The van der Waals surface area contributed by atoms with Gasteiger partial charge < -0.3 is 9.84 Å². The quantitative estimate of drug-likeness (QED) is 0.818. The van der Waals surface area contributed by atoms with E-state index in [4.69, 9.17) is 5.11 Å². The number of halogens is 3. The number of carboxylic acids is 1. The molecule has 0 aliphatic heterocycles. The maximum absolute atomic E-state index is 12.0. The van der Waals surface area contributed by atoms with Gasteiger partial charge in [-0.05, 0) is 16.3 Å². The number of ether oxygens (including phenoxy) is 1. The van der Waals surface area contributed by atoms with Crippen molar-refractivity contribution < 1.29 is 27.8 Å². The molecule has 20 heavy (non-hydrogen) atoms. The van der Waals surface area contributed by atoms with Crippen LogP contribution in [0, 0.1) is 5.92 Å². The largest absolute Gasteiger partial charge is 0.481 e. The van der Waals surface area contributed by atoms with Gasteiger partial charge in [0.05, 0.1) is 12.5 Å². The number of aliphatic carboxylic acids is 1. The van der Waals surface area contributed by atoms with Gasteiger partial charge in [0, 0.05) is 0 Å². The molecule has 10 heteroatoms. The predicted octanol–water partition coefficient (Wildman–Crippen LogP) is 1.42. The molecule has 1 N–H and O–H groups in total. The molecule has 0 saturated carbocycles. The van der Waals surface area contributed by atoms with E-state index in [2.05, 4.69) is 20.3 Å². The zero-order valence-electron chi connectivity index (χ0n) is 11.0. The Labute approximate surface area is 112 Å². The lowest BCUT2D eigenvalue weighted by atomic mass is 10.0. The summed E-state index contributed by atoms with van der Waals surface area (Å²) in [6.45, 7) is 1.70. The Morgan fingerprint density at radius 3 is 2.60 bits per heavy atom. The smallest absolute Gasteiger partial charge is 0.411 e. The Morgan fingerprint density at radius 1 is 1.45 bits per heavy atom. The van der Waals surface area contributed by atoms with Crippen molar-refractivity contribution in [2.45, 2.75) is 39.1 Å². The standard InChI is InChI=1S/C10H15F3N4O3/c1-6(2)7(3-9(18)19)17-8(14-15-16-17)4-20-5-10(11,12)13/h6-7H,3-5H2,1-2H3,(H,18,19). The first-order valence-corrected chi connectivity index (χ1v) is 5.83. The van der Waals surface area contributed by atoms with E-state index in [0.29, 0.717) is 0 Å². The first-order chi connectivity index (χ1) is 9.20. The number of nitrogens with zero attached hydrogens (tertiary/aromatic N) is 4. The van der Waals surface area contributed by atoms with Crippen molar-refractivity contribution in [3.8, 4) is 0 Å². The molecule has 0 saturated heterocycles. The fourth-order valence-corrected chi connectivity index (χ4v) is 1.61. The summed E-state index contributed by atoms with van der Waals surface area (Å²) in [4.78, 5) is 10.8. The minimum Gasteiger partial charge on any atom is -0.481 e. The molecular weight excluding hydrogens is 281 g/mol. The molecule has 0 fully saturated rings. The molecular formula is C10H15F3N4O3. The maximum Gasteiger partial charge on any atom is 0.411 e. The maximum atomic E-state index is 12.0. The molecule has 1 unspecified atom stereocenters. The molecule has 7 nitrogen and oxygen atoms in total. The zero-order valence-corrected chi connectivity index (χ0v) is 11.0. The summed E-state index contributed by atoms with van der Waals surface area (Å²) in [5.41, 5.74) is 0. The molecule has 0 radical (unpaired) electrons. The summed E-state index contributed by atoms with van der Waals surface area (Å²) in [6.07, 6.45) is -4.66. The second kappa shape index (κ2) is 6.64. The number of aromatic nitrogens is 4. The molecule has 1 aromatic rings. The number of hydrogen-bond acceptors (Lipinski definition) is 5. The molecule has 0 amide bonds. The first kappa shape index (κ1) is 16.3. The molecule has 1 heterocycles. The van der Waals surface area contributed by atoms with Crippen molar-refractivity contribution >= 4 is 5.97 Å². The summed E-state index contributed by atoms with van der Waals surface area (Å²) in [5, 5.41) is 19.4. The van der Waals surface area contributed by atoms with Gasteiger partial charge in [0.15, 0.2) is 5.82 Å². The fourth-order valence-electron chi connectivity index (χ4n) is 1.61. The number of carboxylic acid groups (broad SMARTS) is 1. The normalized spacial score (nSPS) is 13.7. The molecule has 0 aliphatic rings. The van der Waals surface area contributed by atoms with Crippen LogP contribution in [0.3, 0.4) is 0 Å². The zero-order chi connectivity index (χ0) is 15.3. The number of carbonyl (C=O) groups is 1. The van der Waals surface area contributed by atoms with Gasteiger partial charge >= 0.3 is 12.1 Å². The lowest BCUT2D eigenvalue weighted by Gasteiger charge is -2.20. The van der Waals surface area contributed by atoms with Crippen molar-refractivity contribution in [1.82, 2.24) is 20.2 Å². The minimum atomic E-state index is -4.43. The van der Waals surface area contributed by atoms with Crippen LogP contribution < -0.4 is 0 Å². The summed E-state index contributed by atoms with van der Waals surface area (Å²) in [7, 11) is 0. The van der Waals surface area contributed by atoms with E-state index in [-0.39, 0.29) is 18.2 Å². The third-order valence-corrected chi connectivity index (χ3v) is 2.53. The van der Waals surface area contributed by atoms with Gasteiger partial charge in [-0.2, -0.15) is 13.2 Å². The minimum absolute atomic E-state index is 0.0641. The molecule has 1 atom stereocenters. The van der Waals surface area contributed by atoms with E-state index in [9.17, 15) is 18.0 Å². The molecule has 1 aromatic heterocycles. The van der Waals surface area contributed by atoms with Gasteiger partial charge in [-0.1, -0.05) is 13.8 Å². The average Bonchev–Trinajstić information content (AvgIpc) is 2.71. The van der Waals surface area contributed by atoms with Crippen LogP contribution in [0.4, 0.5) is 13.2 Å². The predicted molar refractivity (Wildman–Crippen MR) is 59.7 cm³/mol. The molecule has 114 valence electrons. The average molecular weight is 296 g/mol. The summed E-state index contributed by atoms with van der Waals surface area (Å²) >= 11 is 0. The van der Waals surface area contributed by atoms with Gasteiger partial charge in [0.1, 0.15) is 13.2 Å². The van der Waals surface area contributed by atoms with Crippen LogP contribution in [0.2, 0.25) is 0 Å². The molecule has 1 rings (SSSR count). The monoisotopic (exact) mass is 296 g/mol. The van der Waals surface area contributed by atoms with E-state index in [1.807, 2.05) is 0 Å². The highest BCUT2D eigenvalue weighted by molar-refractivity contribution is 5.67. The molecule has 0 aromatic carbocycles. The van der Waals surface area contributed by atoms with E-state index < -0.39 is 31.4 Å². The van der Waals surface area contributed by atoms with Crippen LogP contribution in [0.5, 0.6) is 0 Å². The third kappa shape index (κ3) is 5.11. The Hall–Kier alpha value is -1.71. The van der Waals surface area contributed by atoms with Gasteiger partial charge in [-0.25, -0.2) is 4.68 Å². The summed E-state index contributed by atoms with van der Waals surface area (Å²) < 4.78 is 41.6. The third-order valence-electron chi connectivity index (χ3n) is 2.53. The highest BCUT2D eigenvalue weighted by Crippen LogP contribution is 2.22. The molecule has 0 spiro atoms. The highest BCUT2D eigenvalue weighted by atomic mass is 19.4. The van der Waals surface area contributed by atoms with Crippen LogP contribution in [-0.2, 0) is 16.1 Å². The second-order valence-electron chi connectivity index (χ2n) is 4.56. The topological polar surface area (TPSA) is 90.1 Å². The van der Waals surface area contributed by atoms with Crippen molar-refractivity contribution in [3.05, 3.63) is 5.82 Å². The van der Waals surface area contributed by atoms with Crippen molar-refractivity contribution in [2.24, 2.45) is 5.92 Å². The van der Waals surface area contributed by atoms with Gasteiger partial charge in [0.2, 0.25) is 0 Å². The Bertz CT molecular complexity index is 447. The number of rotatable bonds is 7. The van der Waals surface area contributed by atoms with Crippen LogP contribution in [0.1, 0.15) is 32.1 Å². The van der Waals surface area contributed by atoms with Crippen LogP contribution in [0.15, 0.2) is 0 Å². The number of tetrazole rings is 1. The van der Waals surface area contributed by atoms with Crippen molar-refractivity contribution in [2.75, 3.05) is 6.61 Å². The Morgan fingerprint density at radius 2 is 2.10 bits per heavy atom. The van der Waals surface area contributed by atoms with Crippen molar-refractivity contribution in [3.63, 3.8) is 0 Å². The van der Waals surface area contributed by atoms with E-state index in [1.165, 1.54) is 4.68 Å². The van der Waals surface area contributed by atoms with Gasteiger partial charge in [-0.3, -0.25) is 4.79 Å². The van der Waals surface area contributed by atoms with E-state index in [1.54, 1.807) is 13.8 Å². The lowest BCUT2D eigenvalue weighted by molar-refractivity contribution is -0.177. The SMILES string of the molecule is CC(C)C(CC(=O)O)n1nnnc1COCC(F)(F)F. The van der Waals surface area contributed by atoms with E-state index in [0.717, 1.165) is 0 Å². The number of alkyl halides is 3. The summed E-state index contributed by atoms with van der Waals surface area (Å²) in [5.74, 6) is -1.08. The molecule has 0 aliphatic carbocycles.